The fourth-order valence-electron chi connectivity index (χ4n) is 2.93. The highest BCUT2D eigenvalue weighted by molar-refractivity contribution is 5.48. The van der Waals surface area contributed by atoms with E-state index in [1.165, 1.54) is 25.7 Å². The lowest BCUT2D eigenvalue weighted by atomic mass is 9.73. The summed E-state index contributed by atoms with van der Waals surface area (Å²) in [5, 5.41) is 6.98. The van der Waals surface area contributed by atoms with Gasteiger partial charge in [-0.3, -0.25) is 0 Å². The Morgan fingerprint density at radius 2 is 2.00 bits per heavy atom. The number of hydrogen-bond acceptors (Lipinski definition) is 4. The molecule has 2 N–H and O–H groups in total. The molecule has 0 amide bonds. The van der Waals surface area contributed by atoms with Gasteiger partial charge in [0.05, 0.1) is 0 Å². The fourth-order valence-corrected chi connectivity index (χ4v) is 2.93. The van der Waals surface area contributed by atoms with Crippen LogP contribution in [0.15, 0.2) is 6.07 Å². The molecule has 1 fully saturated rings. The molecule has 1 aromatic heterocycles. The molecule has 1 saturated carbocycles. The molecule has 20 heavy (non-hydrogen) atoms. The van der Waals surface area contributed by atoms with Crippen molar-refractivity contribution in [1.82, 2.24) is 9.97 Å². The number of rotatable bonds is 5. The van der Waals surface area contributed by atoms with E-state index < -0.39 is 0 Å². The summed E-state index contributed by atoms with van der Waals surface area (Å²) in [7, 11) is 0. The van der Waals surface area contributed by atoms with Crippen LogP contribution in [-0.4, -0.2) is 22.6 Å². The summed E-state index contributed by atoms with van der Waals surface area (Å²) in [6.45, 7) is 9.77. The molecule has 0 aliphatic heterocycles. The standard InChI is InChI=1S/C16H28N4/c1-5-10-17-14-11-15(19-12(2)18-14)20-13-8-6-7-9-16(13,3)4/h11,13H,5-10H2,1-4H3,(H2,17,18,19,20). The van der Waals surface area contributed by atoms with Crippen molar-refractivity contribution in [2.75, 3.05) is 17.2 Å². The Morgan fingerprint density at radius 1 is 1.25 bits per heavy atom. The van der Waals surface area contributed by atoms with Crippen molar-refractivity contribution in [2.45, 2.75) is 65.8 Å². The van der Waals surface area contributed by atoms with E-state index in [1.807, 2.05) is 13.0 Å². The lowest BCUT2D eigenvalue weighted by Gasteiger charge is -2.39. The Kier molecular flexibility index (Phi) is 4.84. The van der Waals surface area contributed by atoms with Crippen LogP contribution in [0.2, 0.25) is 0 Å². The van der Waals surface area contributed by atoms with E-state index in [1.54, 1.807) is 0 Å². The van der Waals surface area contributed by atoms with Crippen molar-refractivity contribution in [1.29, 1.82) is 0 Å². The first-order valence-electron chi connectivity index (χ1n) is 7.87. The highest BCUT2D eigenvalue weighted by atomic mass is 15.1. The van der Waals surface area contributed by atoms with Crippen LogP contribution in [0, 0.1) is 12.3 Å². The lowest BCUT2D eigenvalue weighted by molar-refractivity contribution is 0.216. The zero-order valence-corrected chi connectivity index (χ0v) is 13.3. The first kappa shape index (κ1) is 15.1. The van der Waals surface area contributed by atoms with Crippen LogP contribution in [0.5, 0.6) is 0 Å². The van der Waals surface area contributed by atoms with E-state index in [4.69, 9.17) is 0 Å². The van der Waals surface area contributed by atoms with E-state index in [0.717, 1.165) is 30.4 Å². The van der Waals surface area contributed by atoms with Gasteiger partial charge in [0.25, 0.3) is 0 Å². The molecule has 1 aromatic rings. The first-order chi connectivity index (χ1) is 9.51. The van der Waals surface area contributed by atoms with Gasteiger partial charge in [-0.25, -0.2) is 9.97 Å². The van der Waals surface area contributed by atoms with Crippen molar-refractivity contribution in [3.63, 3.8) is 0 Å². The summed E-state index contributed by atoms with van der Waals surface area (Å²) in [5.74, 6) is 2.70. The molecule has 0 spiro atoms. The molecule has 112 valence electrons. The normalized spacial score (nSPS) is 21.5. The van der Waals surface area contributed by atoms with Crippen LogP contribution < -0.4 is 10.6 Å². The van der Waals surface area contributed by atoms with Crippen LogP contribution in [0.4, 0.5) is 11.6 Å². The Labute approximate surface area is 122 Å². The number of anilines is 2. The second-order valence-corrected chi connectivity index (χ2v) is 6.54. The number of nitrogens with one attached hydrogen (secondary N) is 2. The molecule has 0 aromatic carbocycles. The molecule has 1 heterocycles. The molecule has 4 nitrogen and oxygen atoms in total. The maximum absolute atomic E-state index is 4.54. The van der Waals surface area contributed by atoms with Gasteiger partial charge in [-0.2, -0.15) is 0 Å². The smallest absolute Gasteiger partial charge is 0.132 e. The average Bonchev–Trinajstić information content (AvgIpc) is 2.38. The molecule has 1 unspecified atom stereocenters. The minimum Gasteiger partial charge on any atom is -0.370 e. The third-order valence-electron chi connectivity index (χ3n) is 4.22. The van der Waals surface area contributed by atoms with E-state index >= 15 is 0 Å². The summed E-state index contributed by atoms with van der Waals surface area (Å²) in [5.41, 5.74) is 0.341. The molecule has 0 radical (unpaired) electrons. The monoisotopic (exact) mass is 276 g/mol. The lowest BCUT2D eigenvalue weighted by Crippen LogP contribution is -2.39. The van der Waals surface area contributed by atoms with Crippen LogP contribution >= 0.6 is 0 Å². The quantitative estimate of drug-likeness (QED) is 0.854. The van der Waals surface area contributed by atoms with Crippen LogP contribution in [0.25, 0.3) is 0 Å². The van der Waals surface area contributed by atoms with Crippen molar-refractivity contribution in [3.05, 3.63) is 11.9 Å². The summed E-state index contributed by atoms with van der Waals surface area (Å²) in [6.07, 6.45) is 6.27. The fraction of sp³-hybridized carbons (Fsp3) is 0.750. The zero-order valence-electron chi connectivity index (χ0n) is 13.3. The van der Waals surface area contributed by atoms with E-state index in [2.05, 4.69) is 41.4 Å². The van der Waals surface area contributed by atoms with Gasteiger partial charge in [0, 0.05) is 18.7 Å². The maximum Gasteiger partial charge on any atom is 0.132 e. The first-order valence-corrected chi connectivity index (χ1v) is 7.87. The van der Waals surface area contributed by atoms with Crippen molar-refractivity contribution in [2.24, 2.45) is 5.41 Å². The number of aromatic nitrogens is 2. The zero-order chi connectivity index (χ0) is 14.6. The molecule has 0 saturated heterocycles. The van der Waals surface area contributed by atoms with Crippen LogP contribution in [0.3, 0.4) is 0 Å². The Hall–Kier alpha value is -1.32. The molecule has 4 heteroatoms. The van der Waals surface area contributed by atoms with Gasteiger partial charge in [-0.15, -0.1) is 0 Å². The summed E-state index contributed by atoms with van der Waals surface area (Å²) < 4.78 is 0. The van der Waals surface area contributed by atoms with Gasteiger partial charge >= 0.3 is 0 Å². The highest BCUT2D eigenvalue weighted by Gasteiger charge is 2.32. The van der Waals surface area contributed by atoms with Gasteiger partial charge in [-0.05, 0) is 31.6 Å². The SMILES string of the molecule is CCCNc1cc(NC2CCCCC2(C)C)nc(C)n1. The van der Waals surface area contributed by atoms with E-state index in [9.17, 15) is 0 Å². The molecule has 1 aliphatic rings. The van der Waals surface area contributed by atoms with Crippen molar-refractivity contribution < 1.29 is 0 Å². The molecular weight excluding hydrogens is 248 g/mol. The minimum atomic E-state index is 0.341. The summed E-state index contributed by atoms with van der Waals surface area (Å²) in [6, 6.07) is 2.54. The third-order valence-corrected chi connectivity index (χ3v) is 4.22. The topological polar surface area (TPSA) is 49.8 Å². The Bertz CT molecular complexity index is 442. The number of aryl methyl sites for hydroxylation is 1. The maximum atomic E-state index is 4.54. The van der Waals surface area contributed by atoms with Crippen molar-refractivity contribution >= 4 is 11.6 Å². The largest absolute Gasteiger partial charge is 0.370 e. The Balaban J connectivity index is 2.09. The van der Waals surface area contributed by atoms with Gasteiger partial charge in [0.1, 0.15) is 17.5 Å². The van der Waals surface area contributed by atoms with Gasteiger partial charge in [-0.1, -0.05) is 33.6 Å². The summed E-state index contributed by atoms with van der Waals surface area (Å²) >= 11 is 0. The molecule has 0 bridgehead atoms. The molecule has 1 aliphatic carbocycles. The van der Waals surface area contributed by atoms with Crippen LogP contribution in [0.1, 0.15) is 58.7 Å². The number of hydrogen-bond donors (Lipinski definition) is 2. The van der Waals surface area contributed by atoms with E-state index in [-0.39, 0.29) is 0 Å². The predicted molar refractivity (Wildman–Crippen MR) is 85.2 cm³/mol. The minimum absolute atomic E-state index is 0.341. The van der Waals surface area contributed by atoms with Gasteiger partial charge in [0.15, 0.2) is 0 Å². The molecule has 1 atom stereocenters. The summed E-state index contributed by atoms with van der Waals surface area (Å²) in [4.78, 5) is 8.98. The third kappa shape index (κ3) is 3.84. The van der Waals surface area contributed by atoms with E-state index in [0.29, 0.717) is 11.5 Å². The highest BCUT2D eigenvalue weighted by Crippen LogP contribution is 2.37. The Morgan fingerprint density at radius 3 is 2.70 bits per heavy atom. The number of nitrogens with zero attached hydrogens (tertiary/aromatic N) is 2. The van der Waals surface area contributed by atoms with Gasteiger partial charge < -0.3 is 10.6 Å². The second-order valence-electron chi connectivity index (χ2n) is 6.54. The average molecular weight is 276 g/mol. The van der Waals surface area contributed by atoms with Crippen molar-refractivity contribution in [3.8, 4) is 0 Å². The van der Waals surface area contributed by atoms with Gasteiger partial charge in [0.2, 0.25) is 0 Å². The molecular formula is C16H28N4. The van der Waals surface area contributed by atoms with Crippen LogP contribution in [-0.2, 0) is 0 Å². The molecule has 2 rings (SSSR count). The second kappa shape index (κ2) is 6.42. The predicted octanol–water partition coefficient (Wildman–Crippen LogP) is 3.99.